The van der Waals surface area contributed by atoms with Crippen molar-refractivity contribution in [2.45, 2.75) is 20.3 Å². The number of aryl methyl sites for hydroxylation is 2. The molecule has 2 aromatic rings. The lowest BCUT2D eigenvalue weighted by Gasteiger charge is -2.13. The molecule has 148 valence electrons. The summed E-state index contributed by atoms with van der Waals surface area (Å²) in [5, 5.41) is 9.21. The zero-order valence-corrected chi connectivity index (χ0v) is 18.8. The highest BCUT2D eigenvalue weighted by Gasteiger charge is 2.10. The van der Waals surface area contributed by atoms with Gasteiger partial charge in [-0.1, -0.05) is 6.07 Å². The molecule has 0 aliphatic heterocycles. The molecular formula is C18H25FIN5OS. The number of rotatable bonds is 7. The largest absolute Gasteiger partial charge is 0.356 e. The fraction of sp³-hybridized carbons (Fsp3) is 0.389. The zero-order chi connectivity index (χ0) is 18.9. The number of hydrogen-bond donors (Lipinski definition) is 3. The highest BCUT2D eigenvalue weighted by Crippen LogP contribution is 2.11. The summed E-state index contributed by atoms with van der Waals surface area (Å²) in [6.45, 7) is 5.43. The van der Waals surface area contributed by atoms with Crippen LogP contribution in [0.25, 0.3) is 0 Å². The quantitative estimate of drug-likeness (QED) is 0.234. The molecule has 0 aliphatic rings. The molecule has 0 saturated heterocycles. The summed E-state index contributed by atoms with van der Waals surface area (Å²) in [5.74, 6) is 0.335. The Labute approximate surface area is 180 Å². The third-order valence-corrected chi connectivity index (χ3v) is 4.80. The van der Waals surface area contributed by atoms with Crippen molar-refractivity contribution in [2.75, 3.05) is 26.7 Å². The molecular weight excluding hydrogens is 480 g/mol. The predicted molar refractivity (Wildman–Crippen MR) is 119 cm³/mol. The van der Waals surface area contributed by atoms with E-state index in [1.807, 2.05) is 13.8 Å². The van der Waals surface area contributed by atoms with Crippen LogP contribution in [0.2, 0.25) is 0 Å². The molecule has 0 unspecified atom stereocenters. The number of aromatic nitrogens is 1. The van der Waals surface area contributed by atoms with Crippen LogP contribution in [0.5, 0.6) is 0 Å². The molecule has 2 rings (SSSR count). The second-order valence-corrected chi connectivity index (χ2v) is 6.62. The molecule has 0 atom stereocenters. The number of benzene rings is 1. The molecule has 0 saturated carbocycles. The first kappa shape index (κ1) is 23.3. The summed E-state index contributed by atoms with van der Waals surface area (Å²) < 4.78 is 13.1. The minimum absolute atomic E-state index is 0. The Morgan fingerprint density at radius 3 is 2.52 bits per heavy atom. The summed E-state index contributed by atoms with van der Waals surface area (Å²) in [6.07, 6.45) is 0.772. The van der Waals surface area contributed by atoms with Gasteiger partial charge in [-0.3, -0.25) is 9.79 Å². The highest BCUT2D eigenvalue weighted by molar-refractivity contribution is 14.0. The van der Waals surface area contributed by atoms with E-state index in [0.29, 0.717) is 30.5 Å². The van der Waals surface area contributed by atoms with E-state index in [4.69, 9.17) is 0 Å². The van der Waals surface area contributed by atoms with Crippen molar-refractivity contribution in [1.29, 1.82) is 0 Å². The maximum absolute atomic E-state index is 13.1. The molecule has 1 aromatic heterocycles. The van der Waals surface area contributed by atoms with Gasteiger partial charge in [-0.2, -0.15) is 0 Å². The highest BCUT2D eigenvalue weighted by atomic mass is 127. The lowest BCUT2D eigenvalue weighted by molar-refractivity contribution is 0.0957. The van der Waals surface area contributed by atoms with E-state index >= 15 is 0 Å². The number of carbonyl (C=O) groups excluding carboxylic acids is 1. The normalized spacial score (nSPS) is 10.9. The smallest absolute Gasteiger partial charge is 0.263 e. The molecule has 0 spiro atoms. The molecule has 0 radical (unpaired) electrons. The second-order valence-electron chi connectivity index (χ2n) is 5.77. The summed E-state index contributed by atoms with van der Waals surface area (Å²) >= 11 is 1.33. The fourth-order valence-electron chi connectivity index (χ4n) is 2.43. The van der Waals surface area contributed by atoms with Crippen LogP contribution in [-0.4, -0.2) is 43.5 Å². The number of carbonyl (C=O) groups is 1. The average molecular weight is 505 g/mol. The fourth-order valence-corrected chi connectivity index (χ4v) is 3.15. The summed E-state index contributed by atoms with van der Waals surface area (Å²) in [6, 6.07) is 4.82. The number of guanidine groups is 1. The Morgan fingerprint density at radius 2 is 1.89 bits per heavy atom. The van der Waals surface area contributed by atoms with Gasteiger partial charge in [0, 0.05) is 26.7 Å². The van der Waals surface area contributed by atoms with Crippen molar-refractivity contribution in [3.05, 3.63) is 51.2 Å². The maximum Gasteiger partial charge on any atom is 0.263 e. The number of nitrogens with one attached hydrogen (secondary N) is 3. The van der Waals surface area contributed by atoms with E-state index in [2.05, 4.69) is 25.9 Å². The van der Waals surface area contributed by atoms with Crippen molar-refractivity contribution in [1.82, 2.24) is 20.9 Å². The van der Waals surface area contributed by atoms with Crippen LogP contribution in [-0.2, 0) is 6.42 Å². The van der Waals surface area contributed by atoms with Crippen LogP contribution >= 0.6 is 35.3 Å². The molecule has 0 aliphatic carbocycles. The van der Waals surface area contributed by atoms with Crippen LogP contribution in [0.4, 0.5) is 4.39 Å². The standard InChI is InChI=1S/C18H24FN5OS.HI/c1-12-10-15(19)5-4-14(12)6-7-22-18(20-3)23-9-8-21-17(25)16-13(2)24-11-26-16;/h4-5,10-11H,6-9H2,1-3H3,(H,21,25)(H2,20,22,23);1H. The zero-order valence-electron chi connectivity index (χ0n) is 15.6. The molecule has 1 aromatic carbocycles. The van der Waals surface area contributed by atoms with Crippen LogP contribution in [0.3, 0.4) is 0 Å². The molecule has 9 heteroatoms. The van der Waals surface area contributed by atoms with E-state index in [1.54, 1.807) is 18.6 Å². The molecule has 27 heavy (non-hydrogen) atoms. The number of halogens is 2. The molecule has 0 bridgehead atoms. The first-order chi connectivity index (χ1) is 12.5. The van der Waals surface area contributed by atoms with Gasteiger partial charge in [0.25, 0.3) is 5.91 Å². The number of aliphatic imine (C=N–C) groups is 1. The van der Waals surface area contributed by atoms with Crippen molar-refractivity contribution >= 4 is 47.2 Å². The van der Waals surface area contributed by atoms with E-state index in [0.717, 1.165) is 23.2 Å². The van der Waals surface area contributed by atoms with Gasteiger partial charge in [-0.15, -0.1) is 35.3 Å². The number of nitrogens with zero attached hydrogens (tertiary/aromatic N) is 2. The molecule has 6 nitrogen and oxygen atoms in total. The number of hydrogen-bond acceptors (Lipinski definition) is 4. The summed E-state index contributed by atoms with van der Waals surface area (Å²) in [7, 11) is 1.69. The van der Waals surface area contributed by atoms with Gasteiger partial charge in [-0.05, 0) is 43.5 Å². The minimum atomic E-state index is -0.216. The third-order valence-electron chi connectivity index (χ3n) is 3.87. The van der Waals surface area contributed by atoms with Gasteiger partial charge in [0.2, 0.25) is 0 Å². The Kier molecular flexibility index (Phi) is 10.2. The van der Waals surface area contributed by atoms with Gasteiger partial charge in [0.1, 0.15) is 10.7 Å². The van der Waals surface area contributed by atoms with Crippen LogP contribution in [0, 0.1) is 19.7 Å². The van der Waals surface area contributed by atoms with Crippen LogP contribution in [0.15, 0.2) is 28.7 Å². The van der Waals surface area contributed by atoms with Gasteiger partial charge in [0.05, 0.1) is 11.2 Å². The minimum Gasteiger partial charge on any atom is -0.356 e. The Balaban J connectivity index is 0.00000364. The summed E-state index contributed by atoms with van der Waals surface area (Å²) in [5.41, 5.74) is 4.45. The van der Waals surface area contributed by atoms with Crippen LogP contribution < -0.4 is 16.0 Å². The van der Waals surface area contributed by atoms with Crippen molar-refractivity contribution in [3.8, 4) is 0 Å². The van der Waals surface area contributed by atoms with Gasteiger partial charge in [0.15, 0.2) is 5.96 Å². The lowest BCUT2D eigenvalue weighted by Crippen LogP contribution is -2.42. The SMILES string of the molecule is CN=C(NCCNC(=O)c1scnc1C)NCCc1ccc(F)cc1C.I. The molecule has 3 N–H and O–H groups in total. The average Bonchev–Trinajstić information content (AvgIpc) is 3.04. The Bertz CT molecular complexity index is 781. The van der Waals surface area contributed by atoms with Gasteiger partial charge >= 0.3 is 0 Å². The monoisotopic (exact) mass is 505 g/mol. The van der Waals surface area contributed by atoms with Crippen molar-refractivity contribution < 1.29 is 9.18 Å². The first-order valence-corrected chi connectivity index (χ1v) is 9.27. The Morgan fingerprint density at radius 1 is 1.19 bits per heavy atom. The van der Waals surface area contributed by atoms with E-state index in [9.17, 15) is 9.18 Å². The van der Waals surface area contributed by atoms with Gasteiger partial charge < -0.3 is 16.0 Å². The molecule has 0 fully saturated rings. The molecule has 1 heterocycles. The van der Waals surface area contributed by atoms with Gasteiger partial charge in [-0.25, -0.2) is 9.37 Å². The van der Waals surface area contributed by atoms with E-state index in [-0.39, 0.29) is 35.7 Å². The second kappa shape index (κ2) is 11.9. The predicted octanol–water partition coefficient (Wildman–Crippen LogP) is 2.65. The number of amides is 1. The first-order valence-electron chi connectivity index (χ1n) is 8.39. The third kappa shape index (κ3) is 7.41. The maximum atomic E-state index is 13.1. The van der Waals surface area contributed by atoms with Crippen molar-refractivity contribution in [3.63, 3.8) is 0 Å². The van der Waals surface area contributed by atoms with E-state index < -0.39 is 0 Å². The topological polar surface area (TPSA) is 78.4 Å². The molecule has 1 amide bonds. The van der Waals surface area contributed by atoms with Crippen molar-refractivity contribution in [2.24, 2.45) is 4.99 Å². The number of thiazole rings is 1. The Hall–Kier alpha value is -1.75. The summed E-state index contributed by atoms with van der Waals surface area (Å²) in [4.78, 5) is 20.8. The van der Waals surface area contributed by atoms with Crippen LogP contribution in [0.1, 0.15) is 26.5 Å². The van der Waals surface area contributed by atoms with E-state index in [1.165, 1.54) is 23.5 Å². The lowest BCUT2D eigenvalue weighted by atomic mass is 10.1.